The molecule has 4 heteroatoms. The van der Waals surface area contributed by atoms with Crippen molar-refractivity contribution in [1.82, 2.24) is 0 Å². The number of rotatable bonds is 1. The third-order valence-corrected chi connectivity index (χ3v) is 3.33. The van der Waals surface area contributed by atoms with E-state index >= 15 is 0 Å². The minimum Gasteiger partial charge on any atom is -0.366 e. The highest BCUT2D eigenvalue weighted by Crippen LogP contribution is 2.35. The largest absolute Gasteiger partial charge is 0.366 e. The summed E-state index contributed by atoms with van der Waals surface area (Å²) in [5, 5.41) is 0. The van der Waals surface area contributed by atoms with Gasteiger partial charge in [0.25, 0.3) is 0 Å². The molecule has 0 bridgehead atoms. The lowest BCUT2D eigenvalue weighted by atomic mass is 10.0. The monoisotopic (exact) mass is 254 g/mol. The molecule has 0 heterocycles. The SMILES string of the molecule is NC(=O)c1cc(Br)c2c(c1)[C@@H](N)CC2. The molecule has 2 rings (SSSR count). The molecule has 14 heavy (non-hydrogen) atoms. The van der Waals surface area contributed by atoms with E-state index in [4.69, 9.17) is 11.5 Å². The second kappa shape index (κ2) is 3.37. The highest BCUT2D eigenvalue weighted by Gasteiger charge is 2.22. The van der Waals surface area contributed by atoms with Gasteiger partial charge in [0.15, 0.2) is 0 Å². The van der Waals surface area contributed by atoms with E-state index in [0.717, 1.165) is 22.9 Å². The Bertz CT molecular complexity index is 403. The van der Waals surface area contributed by atoms with Crippen LogP contribution in [0.1, 0.15) is 33.9 Å². The quantitative estimate of drug-likeness (QED) is 0.798. The molecule has 1 aliphatic rings. The summed E-state index contributed by atoms with van der Waals surface area (Å²) < 4.78 is 0.941. The van der Waals surface area contributed by atoms with Crippen LogP contribution in [0.15, 0.2) is 16.6 Å². The number of hydrogen-bond donors (Lipinski definition) is 2. The number of carbonyl (C=O) groups excluding carboxylic acids is 1. The first-order chi connectivity index (χ1) is 6.59. The van der Waals surface area contributed by atoms with Gasteiger partial charge in [0.2, 0.25) is 5.91 Å². The fourth-order valence-electron chi connectivity index (χ4n) is 1.85. The molecule has 0 aliphatic heterocycles. The second-order valence-electron chi connectivity index (χ2n) is 3.54. The normalized spacial score (nSPS) is 19.4. The van der Waals surface area contributed by atoms with E-state index in [1.807, 2.05) is 0 Å². The number of hydrogen-bond acceptors (Lipinski definition) is 2. The molecule has 74 valence electrons. The van der Waals surface area contributed by atoms with Crippen molar-refractivity contribution in [2.45, 2.75) is 18.9 Å². The number of amides is 1. The number of carbonyl (C=O) groups is 1. The van der Waals surface area contributed by atoms with Crippen LogP contribution in [0.3, 0.4) is 0 Å². The molecule has 0 aromatic heterocycles. The Hall–Kier alpha value is -0.870. The lowest BCUT2D eigenvalue weighted by Gasteiger charge is -2.07. The van der Waals surface area contributed by atoms with Gasteiger partial charge in [-0.3, -0.25) is 4.79 Å². The lowest BCUT2D eigenvalue weighted by Crippen LogP contribution is -2.13. The summed E-state index contributed by atoms with van der Waals surface area (Å²) in [6, 6.07) is 3.61. The molecule has 1 atom stereocenters. The van der Waals surface area contributed by atoms with Gasteiger partial charge in [-0.25, -0.2) is 0 Å². The molecule has 0 saturated carbocycles. The van der Waals surface area contributed by atoms with Gasteiger partial charge in [-0.1, -0.05) is 15.9 Å². The first kappa shape index (κ1) is 9.68. The predicted molar refractivity (Wildman–Crippen MR) is 57.9 cm³/mol. The van der Waals surface area contributed by atoms with Gasteiger partial charge in [0.1, 0.15) is 0 Å². The van der Waals surface area contributed by atoms with Crippen molar-refractivity contribution in [3.63, 3.8) is 0 Å². The van der Waals surface area contributed by atoms with Crippen LogP contribution in [0.2, 0.25) is 0 Å². The molecule has 1 aromatic rings. The predicted octanol–water partition coefficient (Wildman–Crippen LogP) is 1.49. The molecule has 0 radical (unpaired) electrons. The molecular weight excluding hydrogens is 244 g/mol. The van der Waals surface area contributed by atoms with Gasteiger partial charge in [-0.2, -0.15) is 0 Å². The number of fused-ring (bicyclic) bond motifs is 1. The zero-order valence-corrected chi connectivity index (χ0v) is 9.17. The van der Waals surface area contributed by atoms with Crippen molar-refractivity contribution < 1.29 is 4.79 Å². The summed E-state index contributed by atoms with van der Waals surface area (Å²) in [4.78, 5) is 11.0. The summed E-state index contributed by atoms with van der Waals surface area (Å²) >= 11 is 3.43. The van der Waals surface area contributed by atoms with Crippen molar-refractivity contribution in [3.05, 3.63) is 33.3 Å². The lowest BCUT2D eigenvalue weighted by molar-refractivity contribution is 0.1000. The third kappa shape index (κ3) is 1.44. The minimum absolute atomic E-state index is 0.0422. The van der Waals surface area contributed by atoms with E-state index in [1.54, 1.807) is 12.1 Å². The van der Waals surface area contributed by atoms with Gasteiger partial charge in [0, 0.05) is 16.1 Å². The van der Waals surface area contributed by atoms with Crippen LogP contribution in [0.5, 0.6) is 0 Å². The van der Waals surface area contributed by atoms with E-state index in [9.17, 15) is 4.79 Å². The van der Waals surface area contributed by atoms with Crippen LogP contribution >= 0.6 is 15.9 Å². The number of halogens is 1. The van der Waals surface area contributed by atoms with Crippen molar-refractivity contribution in [2.75, 3.05) is 0 Å². The maximum Gasteiger partial charge on any atom is 0.248 e. The minimum atomic E-state index is -0.410. The Morgan fingerprint density at radius 3 is 2.86 bits per heavy atom. The number of primary amides is 1. The fourth-order valence-corrected chi connectivity index (χ4v) is 2.52. The van der Waals surface area contributed by atoms with Crippen LogP contribution in [0.4, 0.5) is 0 Å². The zero-order valence-electron chi connectivity index (χ0n) is 7.59. The van der Waals surface area contributed by atoms with E-state index < -0.39 is 5.91 Å². The molecule has 0 saturated heterocycles. The van der Waals surface area contributed by atoms with Crippen LogP contribution in [-0.4, -0.2) is 5.91 Å². The first-order valence-electron chi connectivity index (χ1n) is 4.47. The molecule has 1 aliphatic carbocycles. The molecule has 0 fully saturated rings. The van der Waals surface area contributed by atoms with E-state index in [0.29, 0.717) is 5.56 Å². The molecular formula is C10H11BrN2O. The number of nitrogens with two attached hydrogens (primary N) is 2. The van der Waals surface area contributed by atoms with Crippen LogP contribution < -0.4 is 11.5 Å². The molecule has 1 aromatic carbocycles. The Balaban J connectivity index is 2.58. The van der Waals surface area contributed by atoms with Crippen LogP contribution in [0.25, 0.3) is 0 Å². The molecule has 3 nitrogen and oxygen atoms in total. The average Bonchev–Trinajstić information content (AvgIpc) is 2.48. The van der Waals surface area contributed by atoms with Crippen molar-refractivity contribution in [1.29, 1.82) is 0 Å². The van der Waals surface area contributed by atoms with Gasteiger partial charge >= 0.3 is 0 Å². The standard InChI is InChI=1S/C10H11BrN2O/c11-8-4-5(10(13)14)3-7-6(8)1-2-9(7)12/h3-4,9H,1-2,12H2,(H2,13,14)/t9-/m0/s1. The summed E-state index contributed by atoms with van der Waals surface area (Å²) in [6.07, 6.45) is 1.91. The van der Waals surface area contributed by atoms with Gasteiger partial charge in [-0.05, 0) is 36.1 Å². The summed E-state index contributed by atoms with van der Waals surface area (Å²) in [5.74, 6) is -0.410. The fraction of sp³-hybridized carbons (Fsp3) is 0.300. The van der Waals surface area contributed by atoms with Crippen LogP contribution in [-0.2, 0) is 6.42 Å². The highest BCUT2D eigenvalue weighted by molar-refractivity contribution is 9.10. The number of benzene rings is 1. The van der Waals surface area contributed by atoms with Crippen molar-refractivity contribution >= 4 is 21.8 Å². The second-order valence-corrected chi connectivity index (χ2v) is 4.39. The highest BCUT2D eigenvalue weighted by atomic mass is 79.9. The Morgan fingerprint density at radius 2 is 2.21 bits per heavy atom. The van der Waals surface area contributed by atoms with E-state index in [2.05, 4.69) is 15.9 Å². The van der Waals surface area contributed by atoms with Crippen LogP contribution in [0, 0.1) is 0 Å². The maximum absolute atomic E-state index is 11.0. The zero-order chi connectivity index (χ0) is 10.3. The Kier molecular flexibility index (Phi) is 2.33. The first-order valence-corrected chi connectivity index (χ1v) is 5.26. The smallest absolute Gasteiger partial charge is 0.248 e. The third-order valence-electron chi connectivity index (χ3n) is 2.62. The topological polar surface area (TPSA) is 69.1 Å². The average molecular weight is 255 g/mol. The van der Waals surface area contributed by atoms with Crippen molar-refractivity contribution in [2.24, 2.45) is 11.5 Å². The molecule has 4 N–H and O–H groups in total. The van der Waals surface area contributed by atoms with Crippen molar-refractivity contribution in [3.8, 4) is 0 Å². The summed E-state index contributed by atoms with van der Waals surface area (Å²) in [7, 11) is 0. The van der Waals surface area contributed by atoms with Gasteiger partial charge in [-0.15, -0.1) is 0 Å². The van der Waals surface area contributed by atoms with E-state index in [-0.39, 0.29) is 6.04 Å². The summed E-state index contributed by atoms with van der Waals surface area (Å²) in [5.41, 5.74) is 13.9. The summed E-state index contributed by atoms with van der Waals surface area (Å²) in [6.45, 7) is 0. The molecule has 0 spiro atoms. The Labute approximate surface area is 90.6 Å². The molecule has 0 unspecified atom stereocenters. The van der Waals surface area contributed by atoms with E-state index in [1.165, 1.54) is 5.56 Å². The van der Waals surface area contributed by atoms with Gasteiger partial charge < -0.3 is 11.5 Å². The molecule has 1 amide bonds. The maximum atomic E-state index is 11.0. The Morgan fingerprint density at radius 1 is 1.50 bits per heavy atom. The van der Waals surface area contributed by atoms with Gasteiger partial charge in [0.05, 0.1) is 0 Å².